The maximum atomic E-state index is 14.1. The topological polar surface area (TPSA) is 195 Å². The molecule has 2 aromatic heterocycles. The molecule has 1 amide bonds. The fourth-order valence-corrected chi connectivity index (χ4v) is 13.9. The van der Waals surface area contributed by atoms with E-state index in [0.717, 1.165) is 101 Å². The first-order valence-corrected chi connectivity index (χ1v) is 28.9. The van der Waals surface area contributed by atoms with Gasteiger partial charge < -0.3 is 29.8 Å². The number of benzene rings is 4. The van der Waals surface area contributed by atoms with Gasteiger partial charge in [-0.05, 0) is 135 Å². The van der Waals surface area contributed by atoms with Crippen LogP contribution in [-0.2, 0) is 22.0 Å². The number of fused-ring (bicyclic) bond motifs is 2. The highest BCUT2D eigenvalue weighted by atomic mass is 32.2. The molecule has 17 heteroatoms. The lowest BCUT2D eigenvalue weighted by Crippen LogP contribution is -2.60. The number of piperazine rings is 1. The predicted molar refractivity (Wildman–Crippen MR) is 299 cm³/mol. The van der Waals surface area contributed by atoms with Gasteiger partial charge in [0.2, 0.25) is 0 Å². The second-order valence-corrected chi connectivity index (χ2v) is 25.6. The second-order valence-electron chi connectivity index (χ2n) is 23.9. The standard InChI is InChI=1S/C60H72N8O8S/c1-39(2)47-8-6-7-9-48(47)53-37-65(36-41-10-14-50-55(28-41)75-38-58(50,3)4)26-27-67(53)44-32-60(33-44)21-24-66(25-22-60)43-11-13-49(54(30-43)76-45-29-42-18-23-61-56(42)63-35-45)57(69)64-77(73,74)46-12-15-51(52(31-46)68(71)72)62-34-40-16-19-59(5,70)20-17-40/h6-15,18,23,28-31,35,39-40,44,53,62,70H,16-17,19-22,24-27,32-34,36-38H2,1-5H3,(H,61,63)(H,64,69)/t40?,53-,59?/m0/s1. The molecule has 6 aromatic rings. The smallest absolute Gasteiger partial charge is 0.293 e. The van der Waals surface area contributed by atoms with Crippen molar-refractivity contribution in [3.8, 4) is 17.2 Å². The molecule has 1 spiro atoms. The molecule has 1 atom stereocenters. The first-order chi connectivity index (χ1) is 36.8. The Balaban J connectivity index is 0.776. The van der Waals surface area contributed by atoms with E-state index >= 15 is 0 Å². The number of anilines is 2. The normalized spacial score (nSPS) is 22.6. The van der Waals surface area contributed by atoms with Crippen molar-refractivity contribution >= 4 is 44.0 Å². The predicted octanol–water partition coefficient (Wildman–Crippen LogP) is 10.8. The third kappa shape index (κ3) is 11.0. The Labute approximate surface area is 451 Å². The van der Waals surface area contributed by atoms with Crippen LogP contribution in [0.15, 0.2) is 108 Å². The minimum atomic E-state index is -4.59. The number of nitrogens with zero attached hydrogens (tertiary/aromatic N) is 5. The van der Waals surface area contributed by atoms with E-state index in [-0.39, 0.29) is 39.8 Å². The molecule has 0 bridgehead atoms. The largest absolute Gasteiger partial charge is 0.492 e. The maximum absolute atomic E-state index is 14.1. The number of ether oxygens (including phenoxy) is 2. The molecule has 11 rings (SSSR count). The number of carbonyl (C=O) groups excluding carboxylic acids is 1. The van der Waals surface area contributed by atoms with Gasteiger partial charge in [0, 0.05) is 98.3 Å². The molecule has 0 radical (unpaired) electrons. The number of nitro benzene ring substituents is 1. The summed E-state index contributed by atoms with van der Waals surface area (Å²) >= 11 is 0. The average Bonchev–Trinajstić information content (AvgIpc) is 4.06. The molecule has 2 aliphatic carbocycles. The molecule has 77 heavy (non-hydrogen) atoms. The van der Waals surface area contributed by atoms with E-state index < -0.39 is 37.0 Å². The van der Waals surface area contributed by atoms with Crippen molar-refractivity contribution in [3.63, 3.8) is 0 Å². The van der Waals surface area contributed by atoms with Crippen molar-refractivity contribution in [2.45, 2.75) is 126 Å². The van der Waals surface area contributed by atoms with Crippen molar-refractivity contribution in [2.75, 3.05) is 56.1 Å². The van der Waals surface area contributed by atoms with Gasteiger partial charge >= 0.3 is 0 Å². The summed E-state index contributed by atoms with van der Waals surface area (Å²) in [7, 11) is -4.59. The fourth-order valence-electron chi connectivity index (χ4n) is 12.9. The van der Waals surface area contributed by atoms with Crippen LogP contribution in [-0.4, -0.2) is 102 Å². The number of aliphatic hydroxyl groups is 1. The molecular weight excluding hydrogens is 993 g/mol. The zero-order valence-electron chi connectivity index (χ0n) is 44.9. The van der Waals surface area contributed by atoms with Gasteiger partial charge in [0.15, 0.2) is 0 Å². The van der Waals surface area contributed by atoms with Crippen molar-refractivity contribution in [1.82, 2.24) is 24.5 Å². The summed E-state index contributed by atoms with van der Waals surface area (Å²) in [5, 5.41) is 26.5. The number of aromatic amines is 1. The molecule has 5 heterocycles. The molecular formula is C60H72N8O8S. The number of pyridine rings is 1. The van der Waals surface area contributed by atoms with E-state index in [9.17, 15) is 28.4 Å². The van der Waals surface area contributed by atoms with E-state index in [0.29, 0.717) is 49.3 Å². The fraction of sp³-hybridized carbons (Fsp3) is 0.467. The van der Waals surface area contributed by atoms with Gasteiger partial charge in [-0.3, -0.25) is 24.7 Å². The first kappa shape index (κ1) is 52.5. The number of hydrogen-bond donors (Lipinski definition) is 4. The first-order valence-electron chi connectivity index (χ1n) is 27.5. The lowest BCUT2D eigenvalue weighted by atomic mass is 9.59. The molecule has 2 saturated heterocycles. The SMILES string of the molecule is CC(C)c1ccccc1[C@@H]1CN(Cc2ccc3c(c2)OCC3(C)C)CCN1C1CC2(CCN(c3ccc(C(=O)NS(=O)(=O)c4ccc(NCC5CCC(C)(O)CC5)c([N+](=O)[O-])c4)c(Oc4cnc5[nH]ccc5c4)c3)CC2)C1. The zero-order valence-corrected chi connectivity index (χ0v) is 45.7. The van der Waals surface area contributed by atoms with Crippen molar-refractivity contribution in [3.05, 3.63) is 141 Å². The van der Waals surface area contributed by atoms with Crippen LogP contribution in [0.5, 0.6) is 17.2 Å². The highest BCUT2D eigenvalue weighted by Gasteiger charge is 2.50. The molecule has 4 fully saturated rings. The van der Waals surface area contributed by atoms with E-state index in [1.54, 1.807) is 30.6 Å². The summed E-state index contributed by atoms with van der Waals surface area (Å²) in [6.45, 7) is 17.5. The summed E-state index contributed by atoms with van der Waals surface area (Å²) in [6, 6.07) is 29.0. The van der Waals surface area contributed by atoms with Crippen molar-refractivity contribution in [1.29, 1.82) is 0 Å². The van der Waals surface area contributed by atoms with Crippen LogP contribution < -0.4 is 24.4 Å². The Hall–Kier alpha value is -6.53. The molecule has 2 saturated carbocycles. The number of rotatable bonds is 15. The van der Waals surface area contributed by atoms with Crippen LogP contribution in [0, 0.1) is 21.4 Å². The number of hydrogen-bond acceptors (Lipinski definition) is 13. The van der Waals surface area contributed by atoms with Gasteiger partial charge in [0.1, 0.15) is 28.6 Å². The number of piperidine rings is 1. The van der Waals surface area contributed by atoms with Crippen molar-refractivity contribution < 1.29 is 32.7 Å². The van der Waals surface area contributed by atoms with Crippen LogP contribution in [0.25, 0.3) is 11.0 Å². The highest BCUT2D eigenvalue weighted by molar-refractivity contribution is 7.90. The number of nitro groups is 1. The summed E-state index contributed by atoms with van der Waals surface area (Å²) in [4.78, 5) is 40.7. The van der Waals surface area contributed by atoms with E-state index in [1.807, 2.05) is 19.1 Å². The Morgan fingerprint density at radius 3 is 2.49 bits per heavy atom. The third-order valence-electron chi connectivity index (χ3n) is 17.5. The lowest BCUT2D eigenvalue weighted by Gasteiger charge is -2.58. The van der Waals surface area contributed by atoms with Gasteiger partial charge in [0.05, 0.1) is 33.8 Å². The molecule has 3 aliphatic heterocycles. The third-order valence-corrected chi connectivity index (χ3v) is 18.9. The average molecular weight is 1070 g/mol. The van der Waals surface area contributed by atoms with Gasteiger partial charge in [0.25, 0.3) is 21.6 Å². The number of amides is 1. The summed E-state index contributed by atoms with van der Waals surface area (Å²) in [6.07, 6.45) is 10.4. The Kier molecular flexibility index (Phi) is 14.1. The van der Waals surface area contributed by atoms with Crippen LogP contribution in [0.1, 0.15) is 131 Å². The van der Waals surface area contributed by atoms with Crippen LogP contribution in [0.4, 0.5) is 17.1 Å². The minimum absolute atomic E-state index is 0.0277. The zero-order chi connectivity index (χ0) is 53.9. The molecule has 4 aromatic carbocycles. The maximum Gasteiger partial charge on any atom is 0.293 e. The number of nitrogens with one attached hydrogen (secondary N) is 3. The van der Waals surface area contributed by atoms with E-state index in [1.165, 1.54) is 34.4 Å². The second kappa shape index (κ2) is 20.7. The molecule has 16 nitrogen and oxygen atoms in total. The van der Waals surface area contributed by atoms with E-state index in [2.05, 4.69) is 105 Å². The van der Waals surface area contributed by atoms with Gasteiger partial charge in [-0.1, -0.05) is 64.1 Å². The van der Waals surface area contributed by atoms with Crippen LogP contribution in [0.3, 0.4) is 0 Å². The number of sulfonamides is 1. The van der Waals surface area contributed by atoms with Crippen molar-refractivity contribution in [2.24, 2.45) is 11.3 Å². The minimum Gasteiger partial charge on any atom is -0.492 e. The number of aromatic nitrogens is 2. The van der Waals surface area contributed by atoms with Crippen LogP contribution in [0.2, 0.25) is 0 Å². The number of carbonyl (C=O) groups is 1. The Morgan fingerprint density at radius 2 is 1.73 bits per heavy atom. The Bertz CT molecular complexity index is 3290. The quantitative estimate of drug-likeness (QED) is 0.0561. The monoisotopic (exact) mass is 1060 g/mol. The van der Waals surface area contributed by atoms with E-state index in [4.69, 9.17) is 9.47 Å². The molecule has 5 aliphatic rings. The van der Waals surface area contributed by atoms with Gasteiger partial charge in [-0.25, -0.2) is 18.1 Å². The molecule has 406 valence electrons. The molecule has 4 N–H and O–H groups in total. The number of H-pyrrole nitrogens is 1. The summed E-state index contributed by atoms with van der Waals surface area (Å²) < 4.78 is 42.5. The lowest BCUT2D eigenvalue weighted by molar-refractivity contribution is -0.384. The van der Waals surface area contributed by atoms with Gasteiger partial charge in [-0.15, -0.1) is 0 Å². The summed E-state index contributed by atoms with van der Waals surface area (Å²) in [5.74, 6) is 1.19. The highest BCUT2D eigenvalue weighted by Crippen LogP contribution is 2.54. The molecule has 0 unspecified atom stereocenters. The van der Waals surface area contributed by atoms with Gasteiger partial charge in [-0.2, -0.15) is 0 Å². The summed E-state index contributed by atoms with van der Waals surface area (Å²) in [5.41, 5.74) is 6.22. The Morgan fingerprint density at radius 1 is 0.948 bits per heavy atom. The van der Waals surface area contributed by atoms with Crippen LogP contribution >= 0.6 is 0 Å².